The Bertz CT molecular complexity index is 499. The van der Waals surface area contributed by atoms with Crippen LogP contribution in [0.2, 0.25) is 0 Å². The molecule has 0 spiro atoms. The van der Waals surface area contributed by atoms with Crippen LogP contribution in [0.25, 0.3) is 5.65 Å². The predicted molar refractivity (Wildman–Crippen MR) is 76.9 cm³/mol. The third kappa shape index (κ3) is 2.96. The van der Waals surface area contributed by atoms with Gasteiger partial charge in [-0.1, -0.05) is 6.07 Å². The summed E-state index contributed by atoms with van der Waals surface area (Å²) in [6, 6.07) is 6.12. The number of hydrogen-bond donors (Lipinski definition) is 1. The minimum Gasteiger partial charge on any atom is -0.330 e. The second kappa shape index (κ2) is 5.72. The first kappa shape index (κ1) is 12.6. The smallest absolute Gasteiger partial charge is 0.137 e. The average Bonchev–Trinajstić information content (AvgIpc) is 2.81. The van der Waals surface area contributed by atoms with Crippen molar-refractivity contribution >= 4 is 5.65 Å². The monoisotopic (exact) mass is 258 g/mol. The highest BCUT2D eigenvalue weighted by Crippen LogP contribution is 2.20. The SMILES string of the molecule is NCCC1CCCN(Cc2cn3ccccc3n2)C1. The highest BCUT2D eigenvalue weighted by atomic mass is 15.1. The summed E-state index contributed by atoms with van der Waals surface area (Å²) in [4.78, 5) is 7.19. The van der Waals surface area contributed by atoms with E-state index in [1.807, 2.05) is 12.1 Å². The van der Waals surface area contributed by atoms with Gasteiger partial charge in [-0.2, -0.15) is 0 Å². The van der Waals surface area contributed by atoms with E-state index in [1.165, 1.54) is 31.6 Å². The summed E-state index contributed by atoms with van der Waals surface area (Å²) < 4.78 is 2.09. The van der Waals surface area contributed by atoms with Crippen LogP contribution < -0.4 is 5.73 Å². The summed E-state index contributed by atoms with van der Waals surface area (Å²) in [6.45, 7) is 4.13. The minimum absolute atomic E-state index is 0.774. The molecule has 2 aromatic rings. The molecule has 0 radical (unpaired) electrons. The molecule has 2 N–H and O–H groups in total. The normalized spacial score (nSPS) is 21.0. The zero-order valence-electron chi connectivity index (χ0n) is 11.3. The van der Waals surface area contributed by atoms with Gasteiger partial charge in [-0.25, -0.2) is 4.98 Å². The molecule has 1 saturated heterocycles. The number of rotatable bonds is 4. The standard InChI is InChI=1S/C15H22N4/c16-7-6-13-4-3-8-18(10-13)11-14-12-19-9-2-1-5-15(19)17-14/h1-2,5,9,12-13H,3-4,6-8,10-11,16H2. The number of nitrogens with zero attached hydrogens (tertiary/aromatic N) is 3. The van der Waals surface area contributed by atoms with Crippen molar-refractivity contribution < 1.29 is 0 Å². The lowest BCUT2D eigenvalue weighted by Gasteiger charge is -2.32. The first-order valence-electron chi connectivity index (χ1n) is 7.20. The predicted octanol–water partition coefficient (Wildman–Crippen LogP) is 1.90. The largest absolute Gasteiger partial charge is 0.330 e. The van der Waals surface area contributed by atoms with Crippen LogP contribution in [0.5, 0.6) is 0 Å². The van der Waals surface area contributed by atoms with Gasteiger partial charge in [0, 0.05) is 25.5 Å². The molecular formula is C15H22N4. The Kier molecular flexibility index (Phi) is 3.80. The Balaban J connectivity index is 1.67. The summed E-state index contributed by atoms with van der Waals surface area (Å²) in [5.74, 6) is 0.774. The van der Waals surface area contributed by atoms with Crippen LogP contribution in [-0.2, 0) is 6.54 Å². The Labute approximate surface area is 114 Å². The van der Waals surface area contributed by atoms with Gasteiger partial charge in [-0.05, 0) is 50.4 Å². The number of piperidine rings is 1. The van der Waals surface area contributed by atoms with Crippen molar-refractivity contribution in [1.82, 2.24) is 14.3 Å². The van der Waals surface area contributed by atoms with E-state index in [0.717, 1.165) is 31.1 Å². The van der Waals surface area contributed by atoms with Crippen LogP contribution in [-0.4, -0.2) is 33.9 Å². The maximum atomic E-state index is 5.67. The Morgan fingerprint density at radius 1 is 1.37 bits per heavy atom. The van der Waals surface area contributed by atoms with Gasteiger partial charge in [0.2, 0.25) is 0 Å². The first-order chi connectivity index (χ1) is 9.35. The lowest BCUT2D eigenvalue weighted by Crippen LogP contribution is -2.35. The number of imidazole rings is 1. The Morgan fingerprint density at radius 3 is 3.16 bits per heavy atom. The molecule has 19 heavy (non-hydrogen) atoms. The fourth-order valence-corrected chi connectivity index (χ4v) is 3.06. The van der Waals surface area contributed by atoms with Crippen molar-refractivity contribution in [2.75, 3.05) is 19.6 Å². The van der Waals surface area contributed by atoms with Gasteiger partial charge in [0.05, 0.1) is 5.69 Å². The molecular weight excluding hydrogens is 236 g/mol. The molecule has 2 aromatic heterocycles. The number of aromatic nitrogens is 2. The van der Waals surface area contributed by atoms with Gasteiger partial charge in [-0.15, -0.1) is 0 Å². The summed E-state index contributed by atoms with van der Waals surface area (Å²) in [6.07, 6.45) is 7.97. The van der Waals surface area contributed by atoms with Crippen molar-refractivity contribution in [1.29, 1.82) is 0 Å². The first-order valence-corrected chi connectivity index (χ1v) is 7.20. The zero-order chi connectivity index (χ0) is 13.1. The highest BCUT2D eigenvalue weighted by molar-refractivity contribution is 5.39. The minimum atomic E-state index is 0.774. The zero-order valence-corrected chi connectivity index (χ0v) is 11.3. The Hall–Kier alpha value is -1.39. The Morgan fingerprint density at radius 2 is 2.32 bits per heavy atom. The number of likely N-dealkylation sites (tertiary alicyclic amines) is 1. The van der Waals surface area contributed by atoms with Gasteiger partial charge < -0.3 is 10.1 Å². The van der Waals surface area contributed by atoms with Crippen molar-refractivity contribution in [2.45, 2.75) is 25.8 Å². The van der Waals surface area contributed by atoms with Crippen LogP contribution in [0.4, 0.5) is 0 Å². The van der Waals surface area contributed by atoms with E-state index in [1.54, 1.807) is 0 Å². The van der Waals surface area contributed by atoms with E-state index in [0.29, 0.717) is 0 Å². The van der Waals surface area contributed by atoms with Gasteiger partial charge in [0.1, 0.15) is 5.65 Å². The van der Waals surface area contributed by atoms with E-state index in [9.17, 15) is 0 Å². The number of pyridine rings is 1. The second-order valence-electron chi connectivity index (χ2n) is 5.52. The van der Waals surface area contributed by atoms with E-state index in [4.69, 9.17) is 5.73 Å². The number of hydrogen-bond acceptors (Lipinski definition) is 3. The summed E-state index contributed by atoms with van der Waals surface area (Å²) in [5, 5.41) is 0. The molecule has 0 bridgehead atoms. The topological polar surface area (TPSA) is 46.6 Å². The third-order valence-electron chi connectivity index (χ3n) is 3.98. The van der Waals surface area contributed by atoms with Crippen LogP contribution in [0, 0.1) is 5.92 Å². The van der Waals surface area contributed by atoms with Gasteiger partial charge in [0.25, 0.3) is 0 Å². The molecule has 102 valence electrons. The molecule has 3 rings (SSSR count). The van der Waals surface area contributed by atoms with Crippen molar-refractivity contribution in [3.8, 4) is 0 Å². The molecule has 4 heteroatoms. The molecule has 1 fully saturated rings. The molecule has 1 aliphatic heterocycles. The van der Waals surface area contributed by atoms with Crippen LogP contribution >= 0.6 is 0 Å². The summed E-state index contributed by atoms with van der Waals surface area (Å²) in [5.41, 5.74) is 7.88. The van der Waals surface area contributed by atoms with Crippen molar-refractivity contribution in [3.63, 3.8) is 0 Å². The molecule has 1 aliphatic rings. The van der Waals surface area contributed by atoms with E-state index in [2.05, 4.69) is 32.7 Å². The second-order valence-corrected chi connectivity index (χ2v) is 5.52. The quantitative estimate of drug-likeness (QED) is 0.911. The van der Waals surface area contributed by atoms with Gasteiger partial charge in [0.15, 0.2) is 0 Å². The van der Waals surface area contributed by atoms with Crippen molar-refractivity contribution in [3.05, 3.63) is 36.3 Å². The van der Waals surface area contributed by atoms with Crippen LogP contribution in [0.3, 0.4) is 0 Å². The van der Waals surface area contributed by atoms with E-state index >= 15 is 0 Å². The summed E-state index contributed by atoms with van der Waals surface area (Å²) in [7, 11) is 0. The summed E-state index contributed by atoms with van der Waals surface area (Å²) >= 11 is 0. The molecule has 3 heterocycles. The third-order valence-corrected chi connectivity index (χ3v) is 3.98. The molecule has 0 aromatic carbocycles. The van der Waals surface area contributed by atoms with E-state index < -0.39 is 0 Å². The van der Waals surface area contributed by atoms with Gasteiger partial charge in [-0.3, -0.25) is 4.90 Å². The fraction of sp³-hybridized carbons (Fsp3) is 0.533. The molecule has 0 saturated carbocycles. The molecule has 1 unspecified atom stereocenters. The molecule has 0 amide bonds. The fourth-order valence-electron chi connectivity index (χ4n) is 3.06. The molecule has 0 aliphatic carbocycles. The van der Waals surface area contributed by atoms with Crippen LogP contribution in [0.15, 0.2) is 30.6 Å². The maximum absolute atomic E-state index is 5.67. The lowest BCUT2D eigenvalue weighted by atomic mass is 9.95. The number of fused-ring (bicyclic) bond motifs is 1. The van der Waals surface area contributed by atoms with E-state index in [-0.39, 0.29) is 0 Å². The molecule has 4 nitrogen and oxygen atoms in total. The maximum Gasteiger partial charge on any atom is 0.137 e. The van der Waals surface area contributed by atoms with Crippen LogP contribution in [0.1, 0.15) is 25.0 Å². The van der Waals surface area contributed by atoms with Crippen molar-refractivity contribution in [2.24, 2.45) is 11.7 Å². The highest BCUT2D eigenvalue weighted by Gasteiger charge is 2.19. The van der Waals surface area contributed by atoms with Gasteiger partial charge >= 0.3 is 0 Å². The number of nitrogens with two attached hydrogens (primary N) is 1. The molecule has 1 atom stereocenters. The lowest BCUT2D eigenvalue weighted by molar-refractivity contribution is 0.161. The average molecular weight is 258 g/mol.